The second kappa shape index (κ2) is 5.79. The van der Waals surface area contributed by atoms with Gasteiger partial charge in [-0.25, -0.2) is 4.79 Å². The molecule has 0 saturated heterocycles. The van der Waals surface area contributed by atoms with Gasteiger partial charge in [0.1, 0.15) is 5.69 Å². The van der Waals surface area contributed by atoms with Gasteiger partial charge in [0.05, 0.1) is 5.52 Å². The van der Waals surface area contributed by atoms with Crippen LogP contribution in [0.1, 0.15) is 10.6 Å². The van der Waals surface area contributed by atoms with Crippen molar-refractivity contribution in [2.24, 2.45) is 7.05 Å². The molecule has 4 aromatic rings. The number of benzene rings is 2. The first-order valence-corrected chi connectivity index (χ1v) is 7.55. The monoisotopic (exact) mass is 335 g/mol. The highest BCUT2D eigenvalue weighted by atomic mass is 16.5. The molecule has 124 valence electrons. The van der Waals surface area contributed by atoms with Gasteiger partial charge in [0.25, 0.3) is 5.91 Å². The topological polar surface area (TPSA) is 90.3 Å². The summed E-state index contributed by atoms with van der Waals surface area (Å²) in [5, 5.41) is 6.64. The number of carbonyl (C=O) groups excluding carboxylic acids is 1. The second-order valence-electron chi connectivity index (χ2n) is 5.51. The van der Waals surface area contributed by atoms with E-state index in [2.05, 4.69) is 10.5 Å². The lowest BCUT2D eigenvalue weighted by atomic mass is 10.1. The number of nitrogens with one attached hydrogen (secondary N) is 1. The highest BCUT2D eigenvalue weighted by molar-refractivity contribution is 6.03. The van der Waals surface area contributed by atoms with Crippen LogP contribution in [-0.4, -0.2) is 15.6 Å². The fraction of sp³-hybridized carbons (Fsp3) is 0.0556. The van der Waals surface area contributed by atoms with Crippen molar-refractivity contribution in [3.05, 3.63) is 70.9 Å². The zero-order valence-electron chi connectivity index (χ0n) is 13.2. The minimum Gasteiger partial charge on any atom is -0.408 e. The third kappa shape index (κ3) is 2.72. The van der Waals surface area contributed by atoms with E-state index in [1.165, 1.54) is 4.57 Å². The summed E-state index contributed by atoms with van der Waals surface area (Å²) < 4.78 is 11.6. The van der Waals surface area contributed by atoms with Gasteiger partial charge in [0.2, 0.25) is 5.76 Å². The summed E-state index contributed by atoms with van der Waals surface area (Å²) in [7, 11) is 1.60. The molecule has 0 spiro atoms. The van der Waals surface area contributed by atoms with Crippen molar-refractivity contribution in [1.29, 1.82) is 0 Å². The molecular formula is C18H13N3O4. The van der Waals surface area contributed by atoms with Crippen molar-refractivity contribution < 1.29 is 13.7 Å². The molecular weight excluding hydrogens is 322 g/mol. The fourth-order valence-corrected chi connectivity index (χ4v) is 2.52. The lowest BCUT2D eigenvalue weighted by molar-refractivity contribution is 0.0988. The summed E-state index contributed by atoms with van der Waals surface area (Å²) in [4.78, 5) is 23.9. The maximum atomic E-state index is 12.3. The molecule has 2 heterocycles. The van der Waals surface area contributed by atoms with Crippen LogP contribution in [0.2, 0.25) is 0 Å². The first-order chi connectivity index (χ1) is 12.1. The van der Waals surface area contributed by atoms with Gasteiger partial charge in [0, 0.05) is 24.4 Å². The quantitative estimate of drug-likeness (QED) is 0.621. The van der Waals surface area contributed by atoms with E-state index in [0.717, 1.165) is 5.56 Å². The number of carbonyl (C=O) groups is 1. The number of aryl methyl sites for hydroxylation is 1. The van der Waals surface area contributed by atoms with Gasteiger partial charge in [-0.2, -0.15) is 0 Å². The summed E-state index contributed by atoms with van der Waals surface area (Å²) in [5.74, 6) is -0.788. The number of nitrogens with zero attached hydrogens (tertiary/aromatic N) is 2. The highest BCUT2D eigenvalue weighted by Gasteiger charge is 2.15. The van der Waals surface area contributed by atoms with E-state index in [-0.39, 0.29) is 5.76 Å². The molecule has 2 aromatic carbocycles. The normalized spacial score (nSPS) is 10.9. The summed E-state index contributed by atoms with van der Waals surface area (Å²) in [6, 6.07) is 15.9. The number of anilines is 1. The zero-order chi connectivity index (χ0) is 17.4. The Morgan fingerprint density at radius 3 is 2.72 bits per heavy atom. The Morgan fingerprint density at radius 1 is 1.12 bits per heavy atom. The van der Waals surface area contributed by atoms with Crippen molar-refractivity contribution in [2.45, 2.75) is 0 Å². The predicted molar refractivity (Wildman–Crippen MR) is 91.3 cm³/mol. The largest absolute Gasteiger partial charge is 0.419 e. The highest BCUT2D eigenvalue weighted by Crippen LogP contribution is 2.21. The Kier molecular flexibility index (Phi) is 3.46. The Labute approximate surface area is 141 Å². The number of rotatable bonds is 3. The number of hydrogen-bond donors (Lipinski definition) is 1. The van der Waals surface area contributed by atoms with Crippen molar-refractivity contribution in [3.8, 4) is 11.3 Å². The summed E-state index contributed by atoms with van der Waals surface area (Å²) in [5.41, 5.74) is 3.01. The molecule has 0 unspecified atom stereocenters. The average molecular weight is 335 g/mol. The molecule has 1 amide bonds. The van der Waals surface area contributed by atoms with E-state index in [1.54, 1.807) is 31.3 Å². The maximum Gasteiger partial charge on any atom is 0.419 e. The molecule has 25 heavy (non-hydrogen) atoms. The van der Waals surface area contributed by atoms with E-state index in [4.69, 9.17) is 8.94 Å². The number of hydrogen-bond acceptors (Lipinski definition) is 5. The summed E-state index contributed by atoms with van der Waals surface area (Å²) >= 11 is 0. The van der Waals surface area contributed by atoms with Crippen molar-refractivity contribution in [1.82, 2.24) is 9.72 Å². The van der Waals surface area contributed by atoms with Crippen LogP contribution in [0.25, 0.3) is 22.4 Å². The molecule has 7 heteroatoms. The Balaban J connectivity index is 1.59. The lowest BCUT2D eigenvalue weighted by Crippen LogP contribution is -2.11. The van der Waals surface area contributed by atoms with Gasteiger partial charge >= 0.3 is 5.76 Å². The third-order valence-electron chi connectivity index (χ3n) is 3.85. The summed E-state index contributed by atoms with van der Waals surface area (Å²) in [6.45, 7) is 0. The van der Waals surface area contributed by atoms with Gasteiger partial charge < -0.3 is 14.3 Å². The van der Waals surface area contributed by atoms with E-state index >= 15 is 0 Å². The molecule has 0 aliphatic rings. The van der Waals surface area contributed by atoms with Crippen LogP contribution < -0.4 is 11.1 Å². The minimum atomic E-state index is -0.457. The lowest BCUT2D eigenvalue weighted by Gasteiger charge is -2.02. The Hall–Kier alpha value is -3.61. The van der Waals surface area contributed by atoms with Gasteiger partial charge in [-0.3, -0.25) is 9.36 Å². The molecule has 2 aromatic heterocycles. The Morgan fingerprint density at radius 2 is 1.92 bits per heavy atom. The van der Waals surface area contributed by atoms with E-state index < -0.39 is 11.7 Å². The number of fused-ring (bicyclic) bond motifs is 1. The maximum absolute atomic E-state index is 12.3. The van der Waals surface area contributed by atoms with Crippen LogP contribution >= 0.6 is 0 Å². The standard InChI is InChI=1S/C18H13N3O4/c1-21-14-9-12(7-8-15(14)24-18(21)23)19-17(22)16-10-13(20-25-16)11-5-3-2-4-6-11/h2-10H,1H3,(H,19,22). The number of aromatic nitrogens is 2. The molecule has 4 rings (SSSR count). The van der Waals surface area contributed by atoms with E-state index in [0.29, 0.717) is 22.5 Å². The minimum absolute atomic E-state index is 0.0973. The molecule has 0 saturated carbocycles. The molecule has 0 bridgehead atoms. The number of amides is 1. The molecule has 1 N–H and O–H groups in total. The SMILES string of the molecule is Cn1c(=O)oc2ccc(NC(=O)c3cc(-c4ccccc4)no3)cc21. The molecule has 0 atom stereocenters. The van der Waals surface area contributed by atoms with Gasteiger partial charge in [0.15, 0.2) is 5.58 Å². The first kappa shape index (κ1) is 14.9. The van der Waals surface area contributed by atoms with Crippen LogP contribution in [0, 0.1) is 0 Å². The van der Waals surface area contributed by atoms with Crippen LogP contribution in [0.4, 0.5) is 5.69 Å². The smallest absolute Gasteiger partial charge is 0.408 e. The predicted octanol–water partition coefficient (Wildman–Crippen LogP) is 3.04. The van der Waals surface area contributed by atoms with Crippen molar-refractivity contribution in [2.75, 3.05) is 5.32 Å². The van der Waals surface area contributed by atoms with Crippen molar-refractivity contribution >= 4 is 22.7 Å². The average Bonchev–Trinajstić information content (AvgIpc) is 3.22. The second-order valence-corrected chi connectivity index (χ2v) is 5.51. The van der Waals surface area contributed by atoms with Crippen LogP contribution in [-0.2, 0) is 7.05 Å². The van der Waals surface area contributed by atoms with Gasteiger partial charge in [-0.05, 0) is 18.2 Å². The number of oxazole rings is 1. The Bertz CT molecular complexity index is 1120. The summed E-state index contributed by atoms with van der Waals surface area (Å²) in [6.07, 6.45) is 0. The fourth-order valence-electron chi connectivity index (χ4n) is 2.52. The molecule has 0 radical (unpaired) electrons. The third-order valence-corrected chi connectivity index (χ3v) is 3.85. The van der Waals surface area contributed by atoms with Crippen LogP contribution in [0.15, 0.2) is 68.3 Å². The molecule has 7 nitrogen and oxygen atoms in total. The molecule has 0 fully saturated rings. The van der Waals surface area contributed by atoms with Gasteiger partial charge in [-0.1, -0.05) is 35.5 Å². The van der Waals surface area contributed by atoms with E-state index in [1.807, 2.05) is 30.3 Å². The van der Waals surface area contributed by atoms with Crippen LogP contribution in [0.5, 0.6) is 0 Å². The van der Waals surface area contributed by atoms with E-state index in [9.17, 15) is 9.59 Å². The molecule has 0 aliphatic heterocycles. The molecule has 0 aliphatic carbocycles. The first-order valence-electron chi connectivity index (χ1n) is 7.55. The van der Waals surface area contributed by atoms with Crippen molar-refractivity contribution in [3.63, 3.8) is 0 Å². The zero-order valence-corrected chi connectivity index (χ0v) is 13.2. The van der Waals surface area contributed by atoms with Crippen LogP contribution in [0.3, 0.4) is 0 Å². The van der Waals surface area contributed by atoms with Gasteiger partial charge in [-0.15, -0.1) is 0 Å².